The van der Waals surface area contributed by atoms with Gasteiger partial charge in [0.1, 0.15) is 11.6 Å². The fourth-order valence-corrected chi connectivity index (χ4v) is 4.52. The van der Waals surface area contributed by atoms with Crippen LogP contribution in [0.25, 0.3) is 5.69 Å². The average molecular weight is 590 g/mol. The van der Waals surface area contributed by atoms with Crippen molar-refractivity contribution in [3.63, 3.8) is 0 Å². The molecule has 0 spiro atoms. The standard InChI is InChI=1S/C28H31F4N3O5.Na.H/c1-15(2)25-23(9-8-20(36)12-21(37)13-24(38)39)35(19-6-4-17(29)5-7-19)33-27(25)28(40)34(3)14-16-10-18(30)11-22(31)26(16)32;;/h4-7,10-11,15,20-21,36-37H,8-9,12-14H2,1-3H3,(H,38,39);;/q;+1;-1. The van der Waals surface area contributed by atoms with Crippen LogP contribution in [-0.2, 0) is 17.8 Å². The van der Waals surface area contributed by atoms with Crippen LogP contribution in [-0.4, -0.2) is 61.1 Å². The fourth-order valence-electron chi connectivity index (χ4n) is 4.52. The van der Waals surface area contributed by atoms with Crippen LogP contribution in [0.15, 0.2) is 36.4 Å². The summed E-state index contributed by atoms with van der Waals surface area (Å²) in [5.41, 5.74) is 1.03. The first-order valence-electron chi connectivity index (χ1n) is 12.6. The molecule has 41 heavy (non-hydrogen) atoms. The van der Waals surface area contributed by atoms with E-state index in [1.807, 2.05) is 0 Å². The minimum atomic E-state index is -1.38. The minimum Gasteiger partial charge on any atom is -1.00 e. The summed E-state index contributed by atoms with van der Waals surface area (Å²) in [4.78, 5) is 25.4. The van der Waals surface area contributed by atoms with Gasteiger partial charge in [0.2, 0.25) is 0 Å². The van der Waals surface area contributed by atoms with Gasteiger partial charge in [-0.1, -0.05) is 13.8 Å². The average Bonchev–Trinajstić information content (AvgIpc) is 3.24. The van der Waals surface area contributed by atoms with Crippen LogP contribution in [0, 0.1) is 23.3 Å². The second-order valence-electron chi connectivity index (χ2n) is 9.95. The normalized spacial score (nSPS) is 12.6. The third-order valence-electron chi connectivity index (χ3n) is 6.36. The van der Waals surface area contributed by atoms with Crippen molar-refractivity contribution in [2.24, 2.45) is 0 Å². The summed E-state index contributed by atoms with van der Waals surface area (Å²) in [6.07, 6.45) is -2.79. The zero-order chi connectivity index (χ0) is 29.7. The van der Waals surface area contributed by atoms with Crippen LogP contribution in [0.4, 0.5) is 17.6 Å². The first-order chi connectivity index (χ1) is 18.8. The van der Waals surface area contributed by atoms with Gasteiger partial charge in [0.25, 0.3) is 5.91 Å². The van der Waals surface area contributed by atoms with Crippen LogP contribution in [0.1, 0.15) is 67.8 Å². The zero-order valence-corrected chi connectivity index (χ0v) is 25.2. The number of carboxylic acid groups (broad SMARTS) is 1. The van der Waals surface area contributed by atoms with Gasteiger partial charge < -0.3 is 21.6 Å². The molecule has 0 saturated carbocycles. The minimum absolute atomic E-state index is 0. The molecule has 3 aromatic rings. The van der Waals surface area contributed by atoms with Gasteiger partial charge in [-0.25, -0.2) is 22.2 Å². The number of carbonyl (C=O) groups is 2. The molecule has 0 aliphatic carbocycles. The van der Waals surface area contributed by atoms with Crippen molar-refractivity contribution in [2.45, 2.75) is 64.2 Å². The fraction of sp³-hybridized carbons (Fsp3) is 0.393. The molecule has 0 bridgehead atoms. The van der Waals surface area contributed by atoms with Gasteiger partial charge in [0.05, 0.1) is 24.3 Å². The molecule has 0 aliphatic rings. The molecule has 218 valence electrons. The van der Waals surface area contributed by atoms with Gasteiger partial charge in [0, 0.05) is 36.5 Å². The zero-order valence-electron chi connectivity index (χ0n) is 24.2. The predicted octanol–water partition coefficient (Wildman–Crippen LogP) is 1.46. The number of rotatable bonds is 12. The summed E-state index contributed by atoms with van der Waals surface area (Å²) in [7, 11) is 1.33. The quantitative estimate of drug-likeness (QED) is 0.168. The number of amides is 1. The number of aliphatic hydroxyl groups is 2. The maximum absolute atomic E-state index is 14.3. The molecule has 1 amide bonds. The van der Waals surface area contributed by atoms with Crippen molar-refractivity contribution >= 4 is 11.9 Å². The van der Waals surface area contributed by atoms with Gasteiger partial charge in [0.15, 0.2) is 17.3 Å². The second-order valence-corrected chi connectivity index (χ2v) is 9.95. The topological polar surface area (TPSA) is 116 Å². The van der Waals surface area contributed by atoms with Crippen LogP contribution >= 0.6 is 0 Å². The second kappa shape index (κ2) is 14.9. The molecule has 0 radical (unpaired) electrons. The van der Waals surface area contributed by atoms with Crippen LogP contribution < -0.4 is 29.6 Å². The summed E-state index contributed by atoms with van der Waals surface area (Å²) in [5, 5.41) is 33.7. The van der Waals surface area contributed by atoms with E-state index >= 15 is 0 Å². The maximum Gasteiger partial charge on any atom is 1.00 e. The van der Waals surface area contributed by atoms with E-state index in [1.165, 1.54) is 36.0 Å². The summed E-state index contributed by atoms with van der Waals surface area (Å²) in [6.45, 7) is 3.16. The van der Waals surface area contributed by atoms with Crippen molar-refractivity contribution in [2.75, 3.05) is 7.05 Å². The number of aromatic nitrogens is 2. The van der Waals surface area contributed by atoms with Gasteiger partial charge in [-0.15, -0.1) is 0 Å². The molecule has 0 fully saturated rings. The maximum atomic E-state index is 14.3. The van der Waals surface area contributed by atoms with E-state index in [0.717, 1.165) is 11.0 Å². The SMILES string of the molecule is CC(C)c1c(C(=O)N(C)Cc2cc(F)cc(F)c2F)nn(-c2ccc(F)cc2)c1CCC(O)CC(O)CC(=O)O.[H-].[Na+]. The van der Waals surface area contributed by atoms with Crippen molar-refractivity contribution in [1.82, 2.24) is 14.7 Å². The number of hydrogen-bond donors (Lipinski definition) is 3. The first kappa shape index (κ1) is 34.4. The molecule has 1 heterocycles. The molecule has 2 aromatic carbocycles. The molecule has 2 unspecified atom stereocenters. The molecular weight excluding hydrogens is 557 g/mol. The summed E-state index contributed by atoms with van der Waals surface area (Å²) in [6, 6.07) is 6.53. The van der Waals surface area contributed by atoms with Crippen LogP contribution in [0.2, 0.25) is 0 Å². The Morgan fingerprint density at radius 1 is 1.02 bits per heavy atom. The Morgan fingerprint density at radius 3 is 2.24 bits per heavy atom. The van der Waals surface area contributed by atoms with Crippen molar-refractivity contribution in [1.29, 1.82) is 0 Å². The Balaban J connectivity index is 0.00000441. The van der Waals surface area contributed by atoms with Gasteiger partial charge in [-0.3, -0.25) is 9.59 Å². The Bertz CT molecular complexity index is 1370. The van der Waals surface area contributed by atoms with Gasteiger partial charge in [-0.2, -0.15) is 5.10 Å². The van der Waals surface area contributed by atoms with Crippen molar-refractivity contribution < 1.29 is 73.5 Å². The van der Waals surface area contributed by atoms with Crippen LogP contribution in [0.5, 0.6) is 0 Å². The molecular formula is C28H32F4N3NaO5. The van der Waals surface area contributed by atoms with Crippen molar-refractivity contribution in [3.05, 3.63) is 82.2 Å². The van der Waals surface area contributed by atoms with E-state index in [-0.39, 0.29) is 67.4 Å². The molecule has 0 aliphatic heterocycles. The van der Waals surface area contributed by atoms with Gasteiger partial charge >= 0.3 is 35.5 Å². The Morgan fingerprint density at radius 2 is 1.66 bits per heavy atom. The molecule has 2 atom stereocenters. The van der Waals surface area contributed by atoms with E-state index < -0.39 is 60.3 Å². The smallest absolute Gasteiger partial charge is 1.00 e. The summed E-state index contributed by atoms with van der Waals surface area (Å²) in [5.74, 6) is -6.29. The molecule has 3 rings (SSSR count). The van der Waals surface area contributed by atoms with Gasteiger partial charge in [-0.05, 0) is 55.5 Å². The van der Waals surface area contributed by atoms with E-state index in [2.05, 4.69) is 5.10 Å². The Labute approximate surface area is 258 Å². The van der Waals surface area contributed by atoms with E-state index in [0.29, 0.717) is 23.0 Å². The molecule has 13 heteroatoms. The molecule has 8 nitrogen and oxygen atoms in total. The number of benzene rings is 2. The summed E-state index contributed by atoms with van der Waals surface area (Å²) < 4.78 is 56.8. The third-order valence-corrected chi connectivity index (χ3v) is 6.36. The number of carboxylic acids is 1. The third kappa shape index (κ3) is 8.86. The summed E-state index contributed by atoms with van der Waals surface area (Å²) >= 11 is 0. The monoisotopic (exact) mass is 589 g/mol. The van der Waals surface area contributed by atoms with E-state index in [1.54, 1.807) is 13.8 Å². The Hall–Kier alpha value is -2.77. The number of carbonyl (C=O) groups excluding carboxylic acids is 1. The Kier molecular flexibility index (Phi) is 12.5. The molecule has 1 aromatic heterocycles. The number of nitrogens with zero attached hydrogens (tertiary/aromatic N) is 3. The largest absolute Gasteiger partial charge is 1.00 e. The van der Waals surface area contributed by atoms with Crippen molar-refractivity contribution in [3.8, 4) is 5.69 Å². The predicted molar refractivity (Wildman–Crippen MR) is 138 cm³/mol. The number of aliphatic hydroxyl groups excluding tert-OH is 2. The first-order valence-corrected chi connectivity index (χ1v) is 12.6. The van der Waals surface area contributed by atoms with E-state index in [4.69, 9.17) is 5.11 Å². The number of halogens is 4. The molecule has 0 saturated heterocycles. The molecule has 3 N–H and O–H groups in total. The van der Waals surface area contributed by atoms with E-state index in [9.17, 15) is 37.4 Å². The van der Waals surface area contributed by atoms with Crippen LogP contribution in [0.3, 0.4) is 0 Å². The number of hydrogen-bond acceptors (Lipinski definition) is 5. The number of aliphatic carboxylic acids is 1.